The molecular weight excluding hydrogens is 260 g/mol. The molecule has 0 amide bonds. The third-order valence-corrected chi connectivity index (χ3v) is 4.57. The zero-order valence-electron chi connectivity index (χ0n) is 13.0. The summed E-state index contributed by atoms with van der Waals surface area (Å²) >= 11 is 0. The van der Waals surface area contributed by atoms with Gasteiger partial charge in [0, 0.05) is 13.0 Å². The highest BCUT2D eigenvalue weighted by Gasteiger charge is 2.15. The first-order valence-corrected chi connectivity index (χ1v) is 8.44. The molecule has 2 aromatic rings. The molecule has 0 radical (unpaired) electrons. The molecule has 3 heteroatoms. The molecule has 1 aromatic heterocycles. The van der Waals surface area contributed by atoms with Crippen molar-refractivity contribution >= 4 is 11.1 Å². The molecule has 1 N–H and O–H groups in total. The van der Waals surface area contributed by atoms with Gasteiger partial charge in [-0.3, -0.25) is 0 Å². The lowest BCUT2D eigenvalue weighted by Crippen LogP contribution is -2.11. The van der Waals surface area contributed by atoms with Gasteiger partial charge in [-0.05, 0) is 36.6 Å². The molecule has 0 unspecified atom stereocenters. The van der Waals surface area contributed by atoms with Gasteiger partial charge < -0.3 is 9.73 Å². The van der Waals surface area contributed by atoms with Crippen LogP contribution in [-0.4, -0.2) is 11.5 Å². The fourth-order valence-electron chi connectivity index (χ4n) is 3.31. The average molecular weight is 286 g/mol. The summed E-state index contributed by atoms with van der Waals surface area (Å²) in [5.74, 6) is 1.80. The van der Waals surface area contributed by atoms with E-state index in [0.29, 0.717) is 0 Å². The zero-order valence-corrected chi connectivity index (χ0v) is 13.0. The molecule has 1 aliphatic rings. The number of fused-ring (bicyclic) bond motifs is 1. The van der Waals surface area contributed by atoms with Gasteiger partial charge >= 0.3 is 0 Å². The van der Waals surface area contributed by atoms with Gasteiger partial charge in [0.25, 0.3) is 0 Å². The van der Waals surface area contributed by atoms with Crippen molar-refractivity contribution in [2.75, 3.05) is 6.54 Å². The Balaban J connectivity index is 1.63. The smallest absolute Gasteiger partial charge is 0.195 e. The number of benzene rings is 1. The van der Waals surface area contributed by atoms with Crippen molar-refractivity contribution < 1.29 is 4.42 Å². The Labute approximate surface area is 127 Å². The lowest BCUT2D eigenvalue weighted by molar-refractivity contribution is 0.330. The summed E-state index contributed by atoms with van der Waals surface area (Å²) in [6.07, 6.45) is 9.26. The van der Waals surface area contributed by atoms with Crippen LogP contribution in [0.4, 0.5) is 0 Å². The van der Waals surface area contributed by atoms with Crippen LogP contribution in [0.1, 0.15) is 56.9 Å². The van der Waals surface area contributed by atoms with Crippen LogP contribution in [0.3, 0.4) is 0 Å². The standard InChI is InChI=1S/C18H26N2O/c1-2-19-13-15-8-10-17-16(12-15)20-18(21-17)11-9-14-6-4-3-5-7-14/h8,10,12,14,19H,2-7,9,11,13H2,1H3. The quantitative estimate of drug-likeness (QED) is 0.852. The van der Waals surface area contributed by atoms with Gasteiger partial charge in [-0.2, -0.15) is 0 Å². The lowest BCUT2D eigenvalue weighted by atomic mass is 9.86. The molecule has 3 nitrogen and oxygen atoms in total. The minimum Gasteiger partial charge on any atom is -0.441 e. The molecule has 1 aliphatic carbocycles. The summed E-state index contributed by atoms with van der Waals surface area (Å²) in [5.41, 5.74) is 3.20. The largest absolute Gasteiger partial charge is 0.441 e. The van der Waals surface area contributed by atoms with Crippen molar-refractivity contribution in [1.29, 1.82) is 0 Å². The number of oxazole rings is 1. The number of nitrogens with zero attached hydrogens (tertiary/aromatic N) is 1. The van der Waals surface area contributed by atoms with Gasteiger partial charge in [-0.15, -0.1) is 0 Å². The number of aromatic nitrogens is 1. The van der Waals surface area contributed by atoms with E-state index in [1.54, 1.807) is 0 Å². The van der Waals surface area contributed by atoms with E-state index >= 15 is 0 Å². The van der Waals surface area contributed by atoms with Crippen molar-refractivity contribution in [2.24, 2.45) is 5.92 Å². The fraction of sp³-hybridized carbons (Fsp3) is 0.611. The summed E-state index contributed by atoms with van der Waals surface area (Å²) in [6, 6.07) is 6.33. The average Bonchev–Trinajstić information content (AvgIpc) is 2.94. The third kappa shape index (κ3) is 3.85. The topological polar surface area (TPSA) is 38.1 Å². The molecule has 3 rings (SSSR count). The summed E-state index contributed by atoms with van der Waals surface area (Å²) < 4.78 is 5.89. The maximum Gasteiger partial charge on any atom is 0.195 e. The number of hydrogen-bond donors (Lipinski definition) is 1. The first-order valence-electron chi connectivity index (χ1n) is 8.44. The van der Waals surface area contributed by atoms with Crippen molar-refractivity contribution in [1.82, 2.24) is 10.3 Å². The van der Waals surface area contributed by atoms with E-state index in [1.165, 1.54) is 44.1 Å². The molecular formula is C18H26N2O. The Bertz CT molecular complexity index is 570. The number of hydrogen-bond acceptors (Lipinski definition) is 3. The van der Waals surface area contributed by atoms with E-state index < -0.39 is 0 Å². The van der Waals surface area contributed by atoms with E-state index in [0.717, 1.165) is 42.4 Å². The Morgan fingerprint density at radius 1 is 1.24 bits per heavy atom. The highest BCUT2D eigenvalue weighted by Crippen LogP contribution is 2.28. The molecule has 1 fully saturated rings. The second-order valence-corrected chi connectivity index (χ2v) is 6.23. The van der Waals surface area contributed by atoms with E-state index in [2.05, 4.69) is 35.4 Å². The Hall–Kier alpha value is -1.35. The van der Waals surface area contributed by atoms with Gasteiger partial charge in [0.05, 0.1) is 0 Å². The van der Waals surface area contributed by atoms with Gasteiger partial charge in [0.2, 0.25) is 0 Å². The van der Waals surface area contributed by atoms with Crippen molar-refractivity contribution in [3.8, 4) is 0 Å². The molecule has 21 heavy (non-hydrogen) atoms. The van der Waals surface area contributed by atoms with Gasteiger partial charge in [-0.25, -0.2) is 4.98 Å². The number of rotatable bonds is 6. The minimum absolute atomic E-state index is 0.887. The van der Waals surface area contributed by atoms with E-state index in [1.807, 2.05) is 0 Å². The molecule has 1 aromatic carbocycles. The Morgan fingerprint density at radius 3 is 2.90 bits per heavy atom. The summed E-state index contributed by atoms with van der Waals surface area (Å²) in [7, 11) is 0. The molecule has 0 aliphatic heterocycles. The van der Waals surface area contributed by atoms with Crippen LogP contribution < -0.4 is 5.32 Å². The van der Waals surface area contributed by atoms with Crippen molar-refractivity contribution in [3.63, 3.8) is 0 Å². The Kier molecular flexibility index (Phi) is 4.91. The highest BCUT2D eigenvalue weighted by molar-refractivity contribution is 5.73. The summed E-state index contributed by atoms with van der Waals surface area (Å²) in [4.78, 5) is 4.67. The van der Waals surface area contributed by atoms with Gasteiger partial charge in [0.1, 0.15) is 5.52 Å². The second-order valence-electron chi connectivity index (χ2n) is 6.23. The summed E-state index contributed by atoms with van der Waals surface area (Å²) in [6.45, 7) is 4.01. The fourth-order valence-corrected chi connectivity index (χ4v) is 3.31. The number of aryl methyl sites for hydroxylation is 1. The molecule has 114 valence electrons. The zero-order chi connectivity index (χ0) is 14.5. The Morgan fingerprint density at radius 2 is 2.10 bits per heavy atom. The molecule has 0 spiro atoms. The van der Waals surface area contributed by atoms with Crippen LogP contribution in [0.25, 0.3) is 11.1 Å². The SMILES string of the molecule is CCNCc1ccc2oc(CCC3CCCCC3)nc2c1. The molecule has 1 saturated carbocycles. The van der Waals surface area contributed by atoms with E-state index in [-0.39, 0.29) is 0 Å². The predicted octanol–water partition coefficient (Wildman–Crippen LogP) is 4.45. The highest BCUT2D eigenvalue weighted by atomic mass is 16.3. The van der Waals surface area contributed by atoms with E-state index in [9.17, 15) is 0 Å². The van der Waals surface area contributed by atoms with Crippen molar-refractivity contribution in [3.05, 3.63) is 29.7 Å². The second kappa shape index (κ2) is 7.08. The minimum atomic E-state index is 0.887. The molecule has 1 heterocycles. The number of nitrogens with one attached hydrogen (secondary N) is 1. The van der Waals surface area contributed by atoms with Crippen LogP contribution in [0.2, 0.25) is 0 Å². The first kappa shape index (κ1) is 14.6. The molecule has 0 atom stereocenters. The van der Waals surface area contributed by atoms with Crippen LogP contribution in [0.15, 0.2) is 22.6 Å². The van der Waals surface area contributed by atoms with Crippen LogP contribution in [-0.2, 0) is 13.0 Å². The van der Waals surface area contributed by atoms with Crippen LogP contribution >= 0.6 is 0 Å². The monoisotopic (exact) mass is 286 g/mol. The third-order valence-electron chi connectivity index (χ3n) is 4.57. The molecule has 0 bridgehead atoms. The summed E-state index contributed by atoms with van der Waals surface area (Å²) in [5, 5.41) is 3.35. The predicted molar refractivity (Wildman–Crippen MR) is 86.3 cm³/mol. The van der Waals surface area contributed by atoms with Crippen LogP contribution in [0, 0.1) is 5.92 Å². The van der Waals surface area contributed by atoms with Gasteiger partial charge in [0.15, 0.2) is 11.5 Å². The lowest BCUT2D eigenvalue weighted by Gasteiger charge is -2.20. The molecule has 0 saturated heterocycles. The van der Waals surface area contributed by atoms with Crippen molar-refractivity contribution in [2.45, 2.75) is 58.4 Å². The van der Waals surface area contributed by atoms with E-state index in [4.69, 9.17) is 4.42 Å². The van der Waals surface area contributed by atoms with Gasteiger partial charge in [-0.1, -0.05) is 45.1 Å². The first-order chi connectivity index (χ1) is 10.3. The van der Waals surface area contributed by atoms with Crippen LogP contribution in [0.5, 0.6) is 0 Å². The normalized spacial score (nSPS) is 16.6. The maximum atomic E-state index is 5.89. The maximum absolute atomic E-state index is 5.89.